The van der Waals surface area contributed by atoms with Crippen molar-refractivity contribution in [2.75, 3.05) is 31.6 Å². The molecule has 0 aliphatic carbocycles. The smallest absolute Gasteiger partial charge is 0.272 e. The van der Waals surface area contributed by atoms with Crippen molar-refractivity contribution in [1.82, 2.24) is 9.88 Å². The molecule has 136 valence electrons. The van der Waals surface area contributed by atoms with E-state index in [1.165, 1.54) is 0 Å². The number of likely N-dealkylation sites (tertiary alicyclic amines) is 1. The van der Waals surface area contributed by atoms with Crippen LogP contribution in [0.1, 0.15) is 30.3 Å². The lowest BCUT2D eigenvalue weighted by Gasteiger charge is -2.30. The number of nitrogens with zero attached hydrogens (tertiary/aromatic N) is 2. The Kier molecular flexibility index (Phi) is 4.65. The van der Waals surface area contributed by atoms with Gasteiger partial charge in [-0.05, 0) is 43.0 Å². The topological polar surface area (TPSA) is 63.7 Å². The van der Waals surface area contributed by atoms with Gasteiger partial charge in [-0.15, -0.1) is 0 Å². The van der Waals surface area contributed by atoms with Crippen LogP contribution < -0.4 is 14.8 Å². The summed E-state index contributed by atoms with van der Waals surface area (Å²) in [7, 11) is 0. The van der Waals surface area contributed by atoms with Crippen LogP contribution in [-0.4, -0.2) is 42.1 Å². The number of carbonyl (C=O) groups is 1. The second-order valence-corrected chi connectivity index (χ2v) is 6.89. The predicted molar refractivity (Wildman–Crippen MR) is 99.3 cm³/mol. The van der Waals surface area contributed by atoms with Gasteiger partial charge in [0.1, 0.15) is 18.9 Å². The Morgan fingerprint density at radius 2 is 1.81 bits per heavy atom. The maximum atomic E-state index is 12.5. The zero-order valence-corrected chi connectivity index (χ0v) is 14.9. The Morgan fingerprint density at radius 3 is 2.54 bits per heavy atom. The molecule has 2 aromatic rings. The highest BCUT2D eigenvalue weighted by atomic mass is 16.6. The minimum atomic E-state index is 0.0165. The van der Waals surface area contributed by atoms with E-state index in [4.69, 9.17) is 9.47 Å². The molecule has 1 fully saturated rings. The third kappa shape index (κ3) is 3.59. The summed E-state index contributed by atoms with van der Waals surface area (Å²) >= 11 is 0. The number of carbonyl (C=O) groups excluding carboxylic acids is 1. The molecule has 0 atom stereocenters. The Labute approximate surface area is 153 Å². The van der Waals surface area contributed by atoms with E-state index in [9.17, 15) is 4.79 Å². The van der Waals surface area contributed by atoms with E-state index in [1.54, 1.807) is 12.3 Å². The standard InChI is InChI=1S/C20H23N3O3/c1-14-6-8-23(9-7-14)20(24)17-4-2-16(13-21-17)22-15-3-5-18-19(12-15)26-11-10-25-18/h2-5,12-14,22H,6-11H2,1H3. The van der Waals surface area contributed by atoms with E-state index in [0.29, 0.717) is 24.8 Å². The van der Waals surface area contributed by atoms with Gasteiger partial charge in [-0.1, -0.05) is 6.92 Å². The Bertz CT molecular complexity index is 783. The van der Waals surface area contributed by atoms with Gasteiger partial charge in [-0.3, -0.25) is 4.79 Å². The quantitative estimate of drug-likeness (QED) is 0.915. The fourth-order valence-electron chi connectivity index (χ4n) is 3.26. The summed E-state index contributed by atoms with van der Waals surface area (Å²) < 4.78 is 11.1. The van der Waals surface area contributed by atoms with Crippen molar-refractivity contribution >= 4 is 17.3 Å². The first kappa shape index (κ1) is 16.7. The minimum absolute atomic E-state index is 0.0165. The number of benzene rings is 1. The molecule has 4 rings (SSSR count). The van der Waals surface area contributed by atoms with Crippen LogP contribution in [0.5, 0.6) is 11.5 Å². The monoisotopic (exact) mass is 353 g/mol. The summed E-state index contributed by atoms with van der Waals surface area (Å²) in [5.74, 6) is 2.21. The first-order valence-corrected chi connectivity index (χ1v) is 9.11. The molecule has 1 N–H and O–H groups in total. The summed E-state index contributed by atoms with van der Waals surface area (Å²) in [4.78, 5) is 18.8. The number of fused-ring (bicyclic) bond motifs is 1. The van der Waals surface area contributed by atoms with Crippen molar-refractivity contribution in [3.63, 3.8) is 0 Å². The lowest BCUT2D eigenvalue weighted by atomic mass is 9.99. The number of nitrogens with one attached hydrogen (secondary N) is 1. The average Bonchev–Trinajstić information content (AvgIpc) is 2.68. The van der Waals surface area contributed by atoms with Crippen LogP contribution in [-0.2, 0) is 0 Å². The number of pyridine rings is 1. The molecule has 1 aromatic heterocycles. The maximum Gasteiger partial charge on any atom is 0.272 e. The molecule has 1 aromatic carbocycles. The molecule has 6 nitrogen and oxygen atoms in total. The molecule has 1 saturated heterocycles. The van der Waals surface area contributed by atoms with Gasteiger partial charge >= 0.3 is 0 Å². The summed E-state index contributed by atoms with van der Waals surface area (Å²) in [6.45, 7) is 5.01. The molecule has 0 saturated carbocycles. The van der Waals surface area contributed by atoms with E-state index in [0.717, 1.165) is 48.8 Å². The van der Waals surface area contributed by atoms with Gasteiger partial charge in [-0.25, -0.2) is 4.98 Å². The van der Waals surface area contributed by atoms with Crippen molar-refractivity contribution in [1.29, 1.82) is 0 Å². The SMILES string of the molecule is CC1CCN(C(=O)c2ccc(Nc3ccc4c(c3)OCCO4)cn2)CC1. The van der Waals surface area contributed by atoms with Gasteiger partial charge in [0.25, 0.3) is 5.91 Å². The Hall–Kier alpha value is -2.76. The number of hydrogen-bond acceptors (Lipinski definition) is 5. The Morgan fingerprint density at radius 1 is 1.08 bits per heavy atom. The summed E-state index contributed by atoms with van der Waals surface area (Å²) in [6.07, 6.45) is 3.82. The van der Waals surface area contributed by atoms with Crippen LogP contribution in [0.15, 0.2) is 36.5 Å². The number of aromatic nitrogens is 1. The fourth-order valence-corrected chi connectivity index (χ4v) is 3.26. The third-order valence-electron chi connectivity index (χ3n) is 4.88. The van der Waals surface area contributed by atoms with E-state index in [1.807, 2.05) is 29.2 Å². The number of ether oxygens (including phenoxy) is 2. The molecule has 1 amide bonds. The highest BCUT2D eigenvalue weighted by molar-refractivity contribution is 5.92. The Balaban J connectivity index is 1.42. The zero-order chi connectivity index (χ0) is 17.9. The molecular formula is C20H23N3O3. The van der Waals surface area contributed by atoms with Crippen LogP contribution >= 0.6 is 0 Å². The first-order chi connectivity index (χ1) is 12.7. The predicted octanol–water partition coefficient (Wildman–Crippen LogP) is 3.47. The number of rotatable bonds is 3. The van der Waals surface area contributed by atoms with Gasteiger partial charge in [0.05, 0.1) is 11.9 Å². The lowest BCUT2D eigenvalue weighted by Crippen LogP contribution is -2.38. The molecule has 3 heterocycles. The molecule has 0 bridgehead atoms. The fraction of sp³-hybridized carbons (Fsp3) is 0.400. The number of anilines is 2. The highest BCUT2D eigenvalue weighted by Gasteiger charge is 2.22. The van der Waals surface area contributed by atoms with Crippen molar-refractivity contribution in [3.05, 3.63) is 42.2 Å². The molecule has 26 heavy (non-hydrogen) atoms. The molecule has 0 unspecified atom stereocenters. The molecule has 0 spiro atoms. The van der Waals surface area contributed by atoms with Gasteiger partial charge < -0.3 is 19.7 Å². The average molecular weight is 353 g/mol. The molecule has 6 heteroatoms. The van der Waals surface area contributed by atoms with Crippen LogP contribution in [0.25, 0.3) is 0 Å². The summed E-state index contributed by atoms with van der Waals surface area (Å²) in [6, 6.07) is 9.38. The second kappa shape index (κ2) is 7.23. The molecule has 2 aliphatic heterocycles. The van der Waals surface area contributed by atoms with Gasteiger partial charge in [0.2, 0.25) is 0 Å². The normalized spacial score (nSPS) is 17.0. The van der Waals surface area contributed by atoms with Gasteiger partial charge in [0, 0.05) is 24.8 Å². The van der Waals surface area contributed by atoms with Crippen molar-refractivity contribution in [2.45, 2.75) is 19.8 Å². The summed E-state index contributed by atoms with van der Waals surface area (Å²) in [5.41, 5.74) is 2.21. The van der Waals surface area contributed by atoms with E-state index in [-0.39, 0.29) is 5.91 Å². The van der Waals surface area contributed by atoms with Crippen LogP contribution in [0.2, 0.25) is 0 Å². The van der Waals surface area contributed by atoms with Gasteiger partial charge in [-0.2, -0.15) is 0 Å². The largest absolute Gasteiger partial charge is 0.486 e. The van der Waals surface area contributed by atoms with Crippen molar-refractivity contribution in [3.8, 4) is 11.5 Å². The van der Waals surface area contributed by atoms with E-state index >= 15 is 0 Å². The van der Waals surface area contributed by atoms with Crippen LogP contribution in [0.3, 0.4) is 0 Å². The number of amides is 1. The molecule has 0 radical (unpaired) electrons. The lowest BCUT2D eigenvalue weighted by molar-refractivity contribution is 0.0691. The number of piperidine rings is 1. The van der Waals surface area contributed by atoms with Crippen molar-refractivity contribution < 1.29 is 14.3 Å². The second-order valence-electron chi connectivity index (χ2n) is 6.89. The van der Waals surface area contributed by atoms with Crippen LogP contribution in [0, 0.1) is 5.92 Å². The first-order valence-electron chi connectivity index (χ1n) is 9.11. The number of hydrogen-bond donors (Lipinski definition) is 1. The van der Waals surface area contributed by atoms with Crippen molar-refractivity contribution in [2.24, 2.45) is 5.92 Å². The molecule has 2 aliphatic rings. The maximum absolute atomic E-state index is 12.5. The summed E-state index contributed by atoms with van der Waals surface area (Å²) in [5, 5.41) is 3.28. The van der Waals surface area contributed by atoms with E-state index in [2.05, 4.69) is 17.2 Å². The highest BCUT2D eigenvalue weighted by Crippen LogP contribution is 2.33. The van der Waals surface area contributed by atoms with Gasteiger partial charge in [0.15, 0.2) is 11.5 Å². The third-order valence-corrected chi connectivity index (χ3v) is 4.88. The minimum Gasteiger partial charge on any atom is -0.486 e. The van der Waals surface area contributed by atoms with E-state index < -0.39 is 0 Å². The van der Waals surface area contributed by atoms with Crippen LogP contribution in [0.4, 0.5) is 11.4 Å². The molecular weight excluding hydrogens is 330 g/mol. The zero-order valence-electron chi connectivity index (χ0n) is 14.9.